The van der Waals surface area contributed by atoms with Crippen LogP contribution in [0.2, 0.25) is 0 Å². The molecule has 0 saturated heterocycles. The molecule has 0 bridgehead atoms. The van der Waals surface area contributed by atoms with Gasteiger partial charge in [-0.15, -0.1) is 0 Å². The minimum Gasteiger partial charge on any atom is -0.278 e. The van der Waals surface area contributed by atoms with E-state index in [-0.39, 0.29) is 5.82 Å². The van der Waals surface area contributed by atoms with Crippen molar-refractivity contribution in [3.63, 3.8) is 0 Å². The van der Waals surface area contributed by atoms with E-state index in [1.165, 1.54) is 6.07 Å². The molecule has 0 unspecified atom stereocenters. The summed E-state index contributed by atoms with van der Waals surface area (Å²) in [5, 5.41) is 4.00. The smallest absolute Gasteiger partial charge is 0.126 e. The molecule has 1 aromatic rings. The first kappa shape index (κ1) is 10.4. The molecule has 70 valence electrons. The van der Waals surface area contributed by atoms with E-state index in [9.17, 15) is 4.39 Å². The molecule has 1 aromatic carbocycles. The van der Waals surface area contributed by atoms with Crippen molar-refractivity contribution < 1.29 is 4.39 Å². The predicted molar refractivity (Wildman–Crippen MR) is 61.9 cm³/mol. The van der Waals surface area contributed by atoms with Crippen molar-refractivity contribution in [3.8, 4) is 0 Å². The molecule has 0 aliphatic rings. The molecule has 13 heavy (non-hydrogen) atoms. The second-order valence-corrected chi connectivity index (χ2v) is 4.25. The van der Waals surface area contributed by atoms with Crippen LogP contribution in [-0.2, 0) is 0 Å². The number of benzene rings is 1. The molecule has 0 heterocycles. The van der Waals surface area contributed by atoms with Crippen LogP contribution in [0, 0.1) is 12.7 Å². The maximum Gasteiger partial charge on any atom is 0.126 e. The fourth-order valence-corrected chi connectivity index (χ4v) is 0.976. The zero-order valence-electron chi connectivity index (χ0n) is 7.44. The molecule has 0 spiro atoms. The Kier molecular flexibility index (Phi) is 3.65. The SMILES string of the molecule is C/C(I)=N\Nc1ccc(F)c(C)c1. The van der Waals surface area contributed by atoms with Crippen LogP contribution >= 0.6 is 22.6 Å². The van der Waals surface area contributed by atoms with Gasteiger partial charge in [0.25, 0.3) is 0 Å². The lowest BCUT2D eigenvalue weighted by Gasteiger charge is -2.02. The molecule has 1 N–H and O–H groups in total. The number of hydrazone groups is 1. The molecule has 0 fully saturated rings. The van der Waals surface area contributed by atoms with Crippen LogP contribution in [0.25, 0.3) is 0 Å². The Morgan fingerprint density at radius 3 is 2.77 bits per heavy atom. The summed E-state index contributed by atoms with van der Waals surface area (Å²) in [7, 11) is 0. The Balaban J connectivity index is 2.80. The van der Waals surface area contributed by atoms with Crippen molar-refractivity contribution in [1.29, 1.82) is 0 Å². The van der Waals surface area contributed by atoms with Gasteiger partial charge < -0.3 is 0 Å². The average Bonchev–Trinajstić information content (AvgIpc) is 2.07. The quantitative estimate of drug-likeness (QED) is 0.505. The van der Waals surface area contributed by atoms with Gasteiger partial charge in [-0.3, -0.25) is 5.43 Å². The normalized spacial score (nSPS) is 11.5. The molecule has 4 heteroatoms. The first-order valence-electron chi connectivity index (χ1n) is 3.81. The molecular formula is C9H10FIN2. The number of halogens is 2. The number of hydrogen-bond donors (Lipinski definition) is 1. The number of hydrogen-bond acceptors (Lipinski definition) is 2. The van der Waals surface area contributed by atoms with Gasteiger partial charge in [0.1, 0.15) is 5.82 Å². The lowest BCUT2D eigenvalue weighted by molar-refractivity contribution is 0.619. The summed E-state index contributed by atoms with van der Waals surface area (Å²) in [4.78, 5) is 0. The lowest BCUT2D eigenvalue weighted by atomic mass is 10.2. The van der Waals surface area contributed by atoms with E-state index in [0.29, 0.717) is 5.56 Å². The Hall–Kier alpha value is -0.650. The van der Waals surface area contributed by atoms with Crippen molar-refractivity contribution in [1.82, 2.24) is 0 Å². The fraction of sp³-hybridized carbons (Fsp3) is 0.222. The van der Waals surface area contributed by atoms with Gasteiger partial charge in [-0.05, 0) is 60.2 Å². The summed E-state index contributed by atoms with van der Waals surface area (Å²) >= 11 is 2.10. The zero-order chi connectivity index (χ0) is 9.84. The summed E-state index contributed by atoms with van der Waals surface area (Å²) in [6.07, 6.45) is 0. The molecule has 0 atom stereocenters. The van der Waals surface area contributed by atoms with Crippen LogP contribution in [0.4, 0.5) is 10.1 Å². The number of rotatable bonds is 2. The molecule has 0 radical (unpaired) electrons. The van der Waals surface area contributed by atoms with Gasteiger partial charge in [0.2, 0.25) is 0 Å². The van der Waals surface area contributed by atoms with E-state index in [1.54, 1.807) is 19.1 Å². The first-order valence-corrected chi connectivity index (χ1v) is 4.89. The minimum absolute atomic E-state index is 0.194. The van der Waals surface area contributed by atoms with E-state index in [1.807, 2.05) is 6.92 Å². The first-order chi connectivity index (χ1) is 6.09. The average molecular weight is 292 g/mol. The molecular weight excluding hydrogens is 282 g/mol. The van der Waals surface area contributed by atoms with Crippen LogP contribution in [-0.4, -0.2) is 3.72 Å². The van der Waals surface area contributed by atoms with Gasteiger partial charge in [-0.1, -0.05) is 0 Å². The predicted octanol–water partition coefficient (Wildman–Crippen LogP) is 3.31. The summed E-state index contributed by atoms with van der Waals surface area (Å²) in [6, 6.07) is 4.81. The van der Waals surface area contributed by atoms with Crippen LogP contribution in [0.15, 0.2) is 23.3 Å². The fourth-order valence-electron chi connectivity index (χ4n) is 0.856. The molecule has 0 aliphatic carbocycles. The van der Waals surface area contributed by atoms with Crippen LogP contribution < -0.4 is 5.43 Å². The monoisotopic (exact) mass is 292 g/mol. The number of aryl methyl sites for hydroxylation is 1. The highest BCUT2D eigenvalue weighted by Crippen LogP contribution is 2.13. The third kappa shape index (κ3) is 3.30. The lowest BCUT2D eigenvalue weighted by Crippen LogP contribution is -1.92. The topological polar surface area (TPSA) is 24.4 Å². The van der Waals surface area contributed by atoms with Gasteiger partial charge >= 0.3 is 0 Å². The Bertz CT molecular complexity index is 332. The van der Waals surface area contributed by atoms with Gasteiger partial charge in [-0.2, -0.15) is 5.10 Å². The number of nitrogens with one attached hydrogen (secondary N) is 1. The standard InChI is InChI=1S/C9H10FIN2/c1-6-5-8(3-4-9(6)10)13-12-7(2)11/h3-5,13H,1-2H3/b12-7+. The summed E-state index contributed by atoms with van der Waals surface area (Å²) in [5.74, 6) is -0.194. The number of anilines is 1. The third-order valence-corrected chi connectivity index (χ3v) is 1.74. The van der Waals surface area contributed by atoms with Crippen LogP contribution in [0.1, 0.15) is 12.5 Å². The second kappa shape index (κ2) is 4.55. The summed E-state index contributed by atoms with van der Waals surface area (Å²) in [5.41, 5.74) is 4.24. The van der Waals surface area contributed by atoms with E-state index in [4.69, 9.17) is 0 Å². The highest BCUT2D eigenvalue weighted by atomic mass is 127. The van der Waals surface area contributed by atoms with Gasteiger partial charge in [0.15, 0.2) is 0 Å². The maximum atomic E-state index is 12.8. The van der Waals surface area contributed by atoms with Crippen molar-refractivity contribution in [2.24, 2.45) is 5.10 Å². The van der Waals surface area contributed by atoms with E-state index < -0.39 is 0 Å². The summed E-state index contributed by atoms with van der Waals surface area (Å²) < 4.78 is 13.7. The Morgan fingerprint density at radius 2 is 2.23 bits per heavy atom. The van der Waals surface area contributed by atoms with Gasteiger partial charge in [0.05, 0.1) is 9.41 Å². The molecule has 2 nitrogen and oxygen atoms in total. The van der Waals surface area contributed by atoms with Crippen LogP contribution in [0.5, 0.6) is 0 Å². The van der Waals surface area contributed by atoms with Crippen molar-refractivity contribution in [3.05, 3.63) is 29.6 Å². The minimum atomic E-state index is -0.194. The van der Waals surface area contributed by atoms with Gasteiger partial charge in [-0.25, -0.2) is 4.39 Å². The third-order valence-electron chi connectivity index (χ3n) is 1.50. The molecule has 0 amide bonds. The second-order valence-electron chi connectivity index (χ2n) is 2.68. The highest BCUT2D eigenvalue weighted by molar-refractivity contribution is 14.1. The Morgan fingerprint density at radius 1 is 1.54 bits per heavy atom. The van der Waals surface area contributed by atoms with Crippen molar-refractivity contribution in [2.45, 2.75) is 13.8 Å². The largest absolute Gasteiger partial charge is 0.278 e. The zero-order valence-corrected chi connectivity index (χ0v) is 9.59. The van der Waals surface area contributed by atoms with Crippen molar-refractivity contribution >= 4 is 32.0 Å². The van der Waals surface area contributed by atoms with Crippen LogP contribution in [0.3, 0.4) is 0 Å². The highest BCUT2D eigenvalue weighted by Gasteiger charge is 1.97. The van der Waals surface area contributed by atoms with E-state index >= 15 is 0 Å². The van der Waals surface area contributed by atoms with Gasteiger partial charge in [0, 0.05) is 0 Å². The summed E-state index contributed by atoms with van der Waals surface area (Å²) in [6.45, 7) is 3.60. The number of nitrogens with zero attached hydrogens (tertiary/aromatic N) is 1. The maximum absolute atomic E-state index is 12.8. The molecule has 1 rings (SSSR count). The molecule has 0 saturated carbocycles. The Labute approximate surface area is 90.4 Å². The molecule has 0 aromatic heterocycles. The van der Waals surface area contributed by atoms with E-state index in [0.717, 1.165) is 9.41 Å². The van der Waals surface area contributed by atoms with Crippen molar-refractivity contribution in [2.75, 3.05) is 5.43 Å². The molecule has 0 aliphatic heterocycles. The van der Waals surface area contributed by atoms with E-state index in [2.05, 4.69) is 33.1 Å².